The number of benzene rings is 1. The van der Waals surface area contributed by atoms with Gasteiger partial charge < -0.3 is 4.42 Å². The average Bonchev–Trinajstić information content (AvgIpc) is 2.81. The molecule has 0 amide bonds. The van der Waals surface area contributed by atoms with E-state index >= 15 is 0 Å². The van der Waals surface area contributed by atoms with Crippen molar-refractivity contribution in [3.63, 3.8) is 0 Å². The molecule has 0 spiro atoms. The van der Waals surface area contributed by atoms with Gasteiger partial charge in [-0.15, -0.1) is 0 Å². The summed E-state index contributed by atoms with van der Waals surface area (Å²) in [5.74, 6) is 1.40. The molecule has 3 rings (SSSR count). The van der Waals surface area contributed by atoms with Crippen LogP contribution in [0.3, 0.4) is 0 Å². The Kier molecular flexibility index (Phi) is 3.64. The third-order valence-electron chi connectivity index (χ3n) is 2.95. The molecular weight excluding hydrogens is 295 g/mol. The highest BCUT2D eigenvalue weighted by molar-refractivity contribution is 6.31. The zero-order chi connectivity index (χ0) is 14.1. The molecule has 1 aromatic carbocycles. The lowest BCUT2D eigenvalue weighted by molar-refractivity contribution is 0.627. The topological polar surface area (TPSA) is 38.9 Å². The monoisotopic (exact) mass is 306 g/mol. The predicted octanol–water partition coefficient (Wildman–Crippen LogP) is 5.15. The van der Waals surface area contributed by atoms with Crippen molar-refractivity contribution in [2.24, 2.45) is 0 Å². The van der Waals surface area contributed by atoms with Crippen LogP contribution in [0.15, 0.2) is 34.7 Å². The second-order valence-corrected chi connectivity index (χ2v) is 5.36. The second-order valence-electron chi connectivity index (χ2n) is 4.53. The highest BCUT2D eigenvalue weighted by Gasteiger charge is 2.11. The second kappa shape index (κ2) is 5.43. The summed E-state index contributed by atoms with van der Waals surface area (Å²) in [5.41, 5.74) is 1.47. The number of aryl methyl sites for hydroxylation is 1. The van der Waals surface area contributed by atoms with Crippen molar-refractivity contribution in [1.82, 2.24) is 9.97 Å². The Morgan fingerprint density at radius 2 is 1.95 bits per heavy atom. The Labute approximate surface area is 126 Å². The first-order chi connectivity index (χ1) is 9.65. The van der Waals surface area contributed by atoms with Crippen LogP contribution >= 0.6 is 23.2 Å². The highest BCUT2D eigenvalue weighted by Crippen LogP contribution is 2.29. The van der Waals surface area contributed by atoms with Gasteiger partial charge in [-0.2, -0.15) is 0 Å². The van der Waals surface area contributed by atoms with Crippen LogP contribution in [0.5, 0.6) is 0 Å². The van der Waals surface area contributed by atoms with E-state index in [2.05, 4.69) is 16.9 Å². The van der Waals surface area contributed by atoms with E-state index in [9.17, 15) is 0 Å². The predicted molar refractivity (Wildman–Crippen MR) is 81.3 cm³/mol. The van der Waals surface area contributed by atoms with Gasteiger partial charge >= 0.3 is 0 Å². The molecule has 0 aliphatic heterocycles. The molecular formula is C15H12Cl2N2O. The van der Waals surface area contributed by atoms with Crippen molar-refractivity contribution in [3.05, 3.63) is 46.3 Å². The molecule has 0 N–H and O–H groups in total. The number of aromatic nitrogens is 2. The summed E-state index contributed by atoms with van der Waals surface area (Å²) >= 11 is 12.0. The van der Waals surface area contributed by atoms with Crippen LogP contribution in [-0.2, 0) is 6.42 Å². The molecule has 102 valence electrons. The molecule has 20 heavy (non-hydrogen) atoms. The van der Waals surface area contributed by atoms with Gasteiger partial charge in [0.05, 0.1) is 0 Å². The Balaban J connectivity index is 2.10. The standard InChI is InChI=1S/C15H12Cl2N2O/c1-2-3-15-18-11(8-14(17)19-15)13-7-9-6-10(16)4-5-12(9)20-13/h4-8H,2-3H2,1H3. The quantitative estimate of drug-likeness (QED) is 0.628. The van der Waals surface area contributed by atoms with Gasteiger partial charge in [0.2, 0.25) is 0 Å². The number of halogens is 2. The van der Waals surface area contributed by atoms with E-state index in [1.54, 1.807) is 12.1 Å². The van der Waals surface area contributed by atoms with Crippen LogP contribution in [0.1, 0.15) is 19.2 Å². The normalized spacial score (nSPS) is 11.2. The first-order valence-electron chi connectivity index (χ1n) is 6.38. The van der Waals surface area contributed by atoms with Gasteiger partial charge in [0.1, 0.15) is 22.3 Å². The van der Waals surface area contributed by atoms with Crippen LogP contribution in [0.4, 0.5) is 0 Å². The van der Waals surface area contributed by atoms with Crippen LogP contribution in [0.25, 0.3) is 22.4 Å². The Morgan fingerprint density at radius 1 is 1.10 bits per heavy atom. The van der Waals surface area contributed by atoms with Gasteiger partial charge in [0.25, 0.3) is 0 Å². The summed E-state index contributed by atoms with van der Waals surface area (Å²) in [4.78, 5) is 8.70. The molecule has 0 saturated carbocycles. The summed E-state index contributed by atoms with van der Waals surface area (Å²) < 4.78 is 5.79. The Bertz CT molecular complexity index is 768. The van der Waals surface area contributed by atoms with Gasteiger partial charge in [0.15, 0.2) is 5.76 Å². The van der Waals surface area contributed by atoms with Crippen LogP contribution < -0.4 is 0 Å². The number of rotatable bonds is 3. The number of hydrogen-bond acceptors (Lipinski definition) is 3. The van der Waals surface area contributed by atoms with Gasteiger partial charge in [0, 0.05) is 22.9 Å². The summed E-state index contributed by atoms with van der Waals surface area (Å²) in [6, 6.07) is 9.12. The zero-order valence-electron chi connectivity index (χ0n) is 10.9. The van der Waals surface area contributed by atoms with Gasteiger partial charge in [-0.3, -0.25) is 0 Å². The minimum Gasteiger partial charge on any atom is -0.454 e. The van der Waals surface area contributed by atoms with Crippen molar-refractivity contribution in [2.45, 2.75) is 19.8 Å². The van der Waals surface area contributed by atoms with Crippen molar-refractivity contribution in [3.8, 4) is 11.5 Å². The Morgan fingerprint density at radius 3 is 2.75 bits per heavy atom. The van der Waals surface area contributed by atoms with Gasteiger partial charge in [-0.1, -0.05) is 30.1 Å². The van der Waals surface area contributed by atoms with Crippen LogP contribution in [0, 0.1) is 0 Å². The van der Waals surface area contributed by atoms with Crippen LogP contribution in [0.2, 0.25) is 10.2 Å². The lowest BCUT2D eigenvalue weighted by Gasteiger charge is -2.01. The number of hydrogen-bond donors (Lipinski definition) is 0. The van der Waals surface area contributed by atoms with E-state index in [1.807, 2.05) is 18.2 Å². The van der Waals surface area contributed by atoms with Crippen molar-refractivity contribution < 1.29 is 4.42 Å². The van der Waals surface area contributed by atoms with E-state index in [-0.39, 0.29) is 0 Å². The van der Waals surface area contributed by atoms with E-state index < -0.39 is 0 Å². The van der Waals surface area contributed by atoms with E-state index in [4.69, 9.17) is 27.6 Å². The van der Waals surface area contributed by atoms with Crippen LogP contribution in [-0.4, -0.2) is 9.97 Å². The first kappa shape index (κ1) is 13.4. The fraction of sp³-hybridized carbons (Fsp3) is 0.200. The third kappa shape index (κ3) is 2.65. The molecule has 0 bridgehead atoms. The number of nitrogens with zero attached hydrogens (tertiary/aromatic N) is 2. The molecule has 0 radical (unpaired) electrons. The lowest BCUT2D eigenvalue weighted by Crippen LogP contribution is -1.96. The Hall–Kier alpha value is -1.58. The molecule has 0 saturated heterocycles. The molecule has 2 aromatic heterocycles. The SMILES string of the molecule is CCCc1nc(Cl)cc(-c2cc3cc(Cl)ccc3o2)n1. The molecule has 0 aliphatic rings. The fourth-order valence-corrected chi connectivity index (χ4v) is 2.45. The molecule has 0 unspecified atom stereocenters. The first-order valence-corrected chi connectivity index (χ1v) is 7.14. The third-order valence-corrected chi connectivity index (χ3v) is 3.37. The molecule has 3 nitrogen and oxygen atoms in total. The molecule has 3 aromatic rings. The number of furan rings is 1. The average molecular weight is 307 g/mol. The van der Waals surface area contributed by atoms with Crippen molar-refractivity contribution in [2.75, 3.05) is 0 Å². The fourth-order valence-electron chi connectivity index (χ4n) is 2.07. The van der Waals surface area contributed by atoms with E-state index in [0.717, 1.165) is 29.6 Å². The maximum absolute atomic E-state index is 6.05. The minimum atomic E-state index is 0.428. The van der Waals surface area contributed by atoms with E-state index in [0.29, 0.717) is 21.6 Å². The van der Waals surface area contributed by atoms with Gasteiger partial charge in [-0.25, -0.2) is 9.97 Å². The maximum Gasteiger partial charge on any atom is 0.153 e. The van der Waals surface area contributed by atoms with Crippen molar-refractivity contribution in [1.29, 1.82) is 0 Å². The number of fused-ring (bicyclic) bond motifs is 1. The molecule has 2 heterocycles. The maximum atomic E-state index is 6.05. The van der Waals surface area contributed by atoms with Crippen molar-refractivity contribution >= 4 is 34.2 Å². The lowest BCUT2D eigenvalue weighted by atomic mass is 10.2. The summed E-state index contributed by atoms with van der Waals surface area (Å²) in [7, 11) is 0. The summed E-state index contributed by atoms with van der Waals surface area (Å²) in [6.07, 6.45) is 1.76. The largest absolute Gasteiger partial charge is 0.454 e. The minimum absolute atomic E-state index is 0.428. The smallest absolute Gasteiger partial charge is 0.153 e. The summed E-state index contributed by atoms with van der Waals surface area (Å²) in [6.45, 7) is 2.08. The molecule has 0 fully saturated rings. The van der Waals surface area contributed by atoms with Gasteiger partial charge in [-0.05, 0) is 30.7 Å². The van der Waals surface area contributed by atoms with E-state index in [1.165, 1.54) is 0 Å². The summed E-state index contributed by atoms with van der Waals surface area (Å²) in [5, 5.41) is 2.05. The highest BCUT2D eigenvalue weighted by atomic mass is 35.5. The molecule has 5 heteroatoms. The molecule has 0 atom stereocenters. The molecule has 0 aliphatic carbocycles. The zero-order valence-corrected chi connectivity index (χ0v) is 12.4.